The predicted octanol–water partition coefficient (Wildman–Crippen LogP) is 7.89. The zero-order valence-corrected chi connectivity index (χ0v) is 18.4. The largest absolute Gasteiger partial charge is 0.402 e. The summed E-state index contributed by atoms with van der Waals surface area (Å²) in [6, 6.07) is 39.0. The van der Waals surface area contributed by atoms with E-state index in [1.165, 1.54) is 0 Å². The molecule has 0 aromatic heterocycles. The van der Waals surface area contributed by atoms with Crippen LogP contribution < -0.4 is 0 Å². The maximum atomic E-state index is 12.9. The Labute approximate surface area is 186 Å². The summed E-state index contributed by atoms with van der Waals surface area (Å²) in [6.45, 7) is 2.00. The zero-order chi connectivity index (χ0) is 21.5. The van der Waals surface area contributed by atoms with Gasteiger partial charge in [-0.3, -0.25) is 4.79 Å². The van der Waals surface area contributed by atoms with E-state index in [9.17, 15) is 4.79 Å². The molecule has 0 saturated heterocycles. The molecule has 0 amide bonds. The van der Waals surface area contributed by atoms with Gasteiger partial charge in [0, 0.05) is 21.1 Å². The first-order valence-corrected chi connectivity index (χ1v) is 12.1. The maximum absolute atomic E-state index is 12.9. The predicted molar refractivity (Wildman–Crippen MR) is 128 cm³/mol. The van der Waals surface area contributed by atoms with Gasteiger partial charge in [0.1, 0.15) is 0 Å². The van der Waals surface area contributed by atoms with Gasteiger partial charge in [0.2, 0.25) is 0 Å². The lowest BCUT2D eigenvalue weighted by atomic mass is 10.1. The van der Waals surface area contributed by atoms with E-state index in [1.807, 2.05) is 61.5 Å². The molecule has 0 bridgehead atoms. The van der Waals surface area contributed by atoms with E-state index in [2.05, 4.69) is 60.7 Å². The summed E-state index contributed by atoms with van der Waals surface area (Å²) >= 11 is 0. The molecule has 0 aliphatic rings. The minimum Gasteiger partial charge on any atom is -0.402 e. The highest BCUT2D eigenvalue weighted by molar-refractivity contribution is 8.30. The van der Waals surface area contributed by atoms with Crippen LogP contribution in [0.4, 0.5) is 0 Å². The van der Waals surface area contributed by atoms with Crippen molar-refractivity contribution in [1.82, 2.24) is 0 Å². The third-order valence-corrected chi connectivity index (χ3v) is 8.36. The van der Waals surface area contributed by atoms with Crippen LogP contribution in [0.5, 0.6) is 0 Å². The lowest BCUT2D eigenvalue weighted by Crippen LogP contribution is -2.13. The van der Waals surface area contributed by atoms with Crippen LogP contribution in [-0.2, 0) is 8.98 Å². The molecule has 0 spiro atoms. The summed E-state index contributed by atoms with van der Waals surface area (Å²) in [6.07, 6.45) is 1.15. The van der Waals surface area contributed by atoms with Gasteiger partial charge in [-0.1, -0.05) is 85.8 Å². The molecule has 4 rings (SSSR count). The Balaban J connectivity index is 1.90. The Bertz CT molecular complexity index is 1070. The number of benzene rings is 4. The summed E-state index contributed by atoms with van der Waals surface area (Å²) in [5, 5.41) is 0. The van der Waals surface area contributed by atoms with E-state index < -0.39 is 10.3 Å². The molecule has 156 valence electrons. The first-order chi connectivity index (χ1) is 15.2. The number of rotatable bonds is 7. The maximum Gasteiger partial charge on any atom is 0.317 e. The zero-order valence-electron chi connectivity index (χ0n) is 17.6. The van der Waals surface area contributed by atoms with Crippen LogP contribution in [0.1, 0.15) is 19.8 Å². The van der Waals surface area contributed by atoms with Crippen molar-refractivity contribution < 1.29 is 8.98 Å². The van der Waals surface area contributed by atoms with Crippen LogP contribution in [0.15, 0.2) is 130 Å². The van der Waals surface area contributed by atoms with Crippen LogP contribution >= 0.6 is 10.3 Å². The first kappa shape index (κ1) is 21.0. The lowest BCUT2D eigenvalue weighted by molar-refractivity contribution is -0.133. The van der Waals surface area contributed by atoms with Gasteiger partial charge in [0.05, 0.1) is 0 Å². The number of carbonyl (C=O) groups excluding carboxylic acids is 1. The molecule has 4 aromatic carbocycles. The van der Waals surface area contributed by atoms with Crippen molar-refractivity contribution in [2.45, 2.75) is 34.5 Å². The minimum absolute atomic E-state index is 0.169. The standard InChI is InChI=1S/C28H26O2S/c1-2-12-28(29)30-31(25-15-8-4-9-16-25,26-17-10-5-11-18-26)27-21-19-24(20-22-27)23-13-6-3-7-14-23/h3-11,13-22H,2,12H2,1H3. The number of hydrogen-bond acceptors (Lipinski definition) is 2. The van der Waals surface area contributed by atoms with Crippen molar-refractivity contribution in [3.05, 3.63) is 115 Å². The van der Waals surface area contributed by atoms with Crippen molar-refractivity contribution in [2.75, 3.05) is 0 Å². The highest BCUT2D eigenvalue weighted by Gasteiger charge is 2.35. The second-order valence-electron chi connectivity index (χ2n) is 7.28. The van der Waals surface area contributed by atoms with Gasteiger partial charge in [-0.2, -0.15) is 0 Å². The van der Waals surface area contributed by atoms with Crippen LogP contribution in [0, 0.1) is 0 Å². The van der Waals surface area contributed by atoms with Crippen molar-refractivity contribution in [2.24, 2.45) is 0 Å². The molecule has 0 fully saturated rings. The fourth-order valence-electron chi connectivity index (χ4n) is 3.63. The quantitative estimate of drug-likeness (QED) is 0.300. The molecule has 0 heterocycles. The number of carbonyl (C=O) groups is 1. The van der Waals surface area contributed by atoms with Crippen LogP contribution in [0.25, 0.3) is 11.1 Å². The van der Waals surface area contributed by atoms with Crippen LogP contribution in [-0.4, -0.2) is 5.97 Å². The smallest absolute Gasteiger partial charge is 0.317 e. The molecule has 0 unspecified atom stereocenters. The Kier molecular flexibility index (Phi) is 6.54. The summed E-state index contributed by atoms with van der Waals surface area (Å²) in [7, 11) is -2.20. The van der Waals surface area contributed by atoms with Crippen LogP contribution in [0.2, 0.25) is 0 Å². The summed E-state index contributed by atoms with van der Waals surface area (Å²) in [4.78, 5) is 15.9. The van der Waals surface area contributed by atoms with E-state index in [0.717, 1.165) is 32.2 Å². The summed E-state index contributed by atoms with van der Waals surface area (Å²) < 4.78 is 6.43. The van der Waals surface area contributed by atoms with Gasteiger partial charge in [-0.05, 0) is 64.3 Å². The molecule has 31 heavy (non-hydrogen) atoms. The normalized spacial score (nSPS) is 11.6. The Morgan fingerprint density at radius 3 is 1.52 bits per heavy atom. The average Bonchev–Trinajstić information content (AvgIpc) is 2.84. The molecular weight excluding hydrogens is 400 g/mol. The molecule has 0 N–H and O–H groups in total. The molecule has 0 aliphatic carbocycles. The van der Waals surface area contributed by atoms with Crippen molar-refractivity contribution >= 4 is 16.3 Å². The van der Waals surface area contributed by atoms with Crippen molar-refractivity contribution in [1.29, 1.82) is 0 Å². The third kappa shape index (κ3) is 4.42. The van der Waals surface area contributed by atoms with Gasteiger partial charge in [0.25, 0.3) is 0 Å². The molecule has 4 aromatic rings. The van der Waals surface area contributed by atoms with Gasteiger partial charge < -0.3 is 4.18 Å². The summed E-state index contributed by atoms with van der Waals surface area (Å²) in [5.41, 5.74) is 2.30. The SMILES string of the molecule is CCCC(=O)OS(c1ccccc1)(c1ccccc1)c1ccc(-c2ccccc2)cc1. The van der Waals surface area contributed by atoms with E-state index in [1.54, 1.807) is 0 Å². The van der Waals surface area contributed by atoms with Crippen LogP contribution in [0.3, 0.4) is 0 Å². The van der Waals surface area contributed by atoms with Gasteiger partial charge in [-0.25, -0.2) is 0 Å². The molecule has 0 radical (unpaired) electrons. The monoisotopic (exact) mass is 426 g/mol. The molecule has 0 saturated carbocycles. The van der Waals surface area contributed by atoms with E-state index in [4.69, 9.17) is 4.18 Å². The van der Waals surface area contributed by atoms with Gasteiger partial charge in [0.15, 0.2) is 0 Å². The first-order valence-electron chi connectivity index (χ1n) is 10.6. The fraction of sp³-hybridized carbons (Fsp3) is 0.107. The highest BCUT2D eigenvalue weighted by atomic mass is 32.3. The van der Waals surface area contributed by atoms with Gasteiger partial charge >= 0.3 is 5.97 Å². The second kappa shape index (κ2) is 9.67. The summed E-state index contributed by atoms with van der Waals surface area (Å²) in [5.74, 6) is -0.169. The van der Waals surface area contributed by atoms with Crippen molar-refractivity contribution in [3.8, 4) is 11.1 Å². The van der Waals surface area contributed by atoms with E-state index in [0.29, 0.717) is 6.42 Å². The molecule has 3 heteroatoms. The minimum atomic E-state index is -2.20. The average molecular weight is 427 g/mol. The van der Waals surface area contributed by atoms with E-state index >= 15 is 0 Å². The second-order valence-corrected chi connectivity index (χ2v) is 9.97. The Hall–Kier alpha value is -3.30. The fourth-order valence-corrected chi connectivity index (χ4v) is 6.70. The number of hydrogen-bond donors (Lipinski definition) is 0. The highest BCUT2D eigenvalue weighted by Crippen LogP contribution is 2.69. The molecule has 2 nitrogen and oxygen atoms in total. The Morgan fingerprint density at radius 2 is 1.03 bits per heavy atom. The van der Waals surface area contributed by atoms with Gasteiger partial charge in [-0.15, -0.1) is 0 Å². The van der Waals surface area contributed by atoms with E-state index in [-0.39, 0.29) is 5.97 Å². The lowest BCUT2D eigenvalue weighted by Gasteiger charge is -2.39. The van der Waals surface area contributed by atoms with Crippen molar-refractivity contribution in [3.63, 3.8) is 0 Å². The third-order valence-electron chi connectivity index (χ3n) is 5.12. The Morgan fingerprint density at radius 1 is 0.613 bits per heavy atom. The molecule has 0 aliphatic heterocycles. The molecular formula is C28H26O2S. The molecule has 0 atom stereocenters. The topological polar surface area (TPSA) is 26.3 Å².